The van der Waals surface area contributed by atoms with Crippen molar-refractivity contribution in [2.24, 2.45) is 0 Å². The van der Waals surface area contributed by atoms with Gasteiger partial charge in [0.2, 0.25) is 5.95 Å². The quantitative estimate of drug-likeness (QED) is 0.305. The summed E-state index contributed by atoms with van der Waals surface area (Å²) in [5, 5.41) is 5.44. The molecule has 12 heteroatoms. The maximum Gasteiger partial charge on any atom is 0.229 e. The third-order valence-corrected chi connectivity index (χ3v) is 4.63. The third-order valence-electron chi connectivity index (χ3n) is 4.11. The number of hydrogen-bond acceptors (Lipinski definition) is 8. The number of benzene rings is 2. The van der Waals surface area contributed by atoms with Crippen molar-refractivity contribution in [2.45, 2.75) is 0 Å². The van der Waals surface area contributed by atoms with Gasteiger partial charge in [-0.2, -0.15) is 4.98 Å². The van der Waals surface area contributed by atoms with Crippen LogP contribution in [0, 0.1) is 11.6 Å². The molecule has 2 aromatic carbocycles. The molecule has 176 valence electrons. The van der Waals surface area contributed by atoms with Crippen molar-refractivity contribution in [3.63, 3.8) is 0 Å². The predicted octanol–water partition coefficient (Wildman–Crippen LogP) is 6.04. The molecule has 0 spiro atoms. The van der Waals surface area contributed by atoms with Crippen molar-refractivity contribution in [3.8, 4) is 11.5 Å². The fourth-order valence-electron chi connectivity index (χ4n) is 2.51. The zero-order chi connectivity index (χ0) is 24.5. The molecule has 0 unspecified atom stereocenters. The van der Waals surface area contributed by atoms with Gasteiger partial charge in [-0.25, -0.2) is 23.7 Å². The molecule has 0 amide bonds. The lowest BCUT2D eigenvalue weighted by Crippen LogP contribution is -2.03. The molecule has 2 N–H and O–H groups in total. The molecule has 0 aliphatic rings. The molecule has 0 fully saturated rings. The minimum atomic E-state index is -0.777. The van der Waals surface area contributed by atoms with Crippen molar-refractivity contribution in [2.75, 3.05) is 24.9 Å². The van der Waals surface area contributed by atoms with Crippen LogP contribution in [0.15, 0.2) is 61.1 Å². The molecule has 2 heterocycles. The van der Waals surface area contributed by atoms with E-state index in [1.165, 1.54) is 0 Å². The molecule has 0 saturated carbocycles. The number of halogens is 4. The Morgan fingerprint density at radius 2 is 1.35 bits per heavy atom. The van der Waals surface area contributed by atoms with Crippen LogP contribution in [-0.2, 0) is 0 Å². The first-order valence-electron chi connectivity index (χ1n) is 9.55. The summed E-state index contributed by atoms with van der Waals surface area (Å²) in [6.45, 7) is 0. The Balaban J connectivity index is 0.000000302. The van der Waals surface area contributed by atoms with E-state index in [9.17, 15) is 8.78 Å². The van der Waals surface area contributed by atoms with Crippen LogP contribution >= 0.6 is 23.2 Å². The number of nitrogens with zero attached hydrogens (tertiary/aromatic N) is 4. The summed E-state index contributed by atoms with van der Waals surface area (Å²) in [7, 11) is 3.16. The summed E-state index contributed by atoms with van der Waals surface area (Å²) in [6.07, 6.45) is 2.20. The van der Waals surface area contributed by atoms with E-state index < -0.39 is 11.6 Å². The molecule has 0 aliphatic carbocycles. The second-order valence-electron chi connectivity index (χ2n) is 6.37. The van der Waals surface area contributed by atoms with Gasteiger partial charge in [-0.15, -0.1) is 0 Å². The SMILES string of the molecule is COc1cccc(Nc2ncc(F)c(Nc3cccc(OC)c3)n2)c1.Fc1c(Cl)ncnc1Cl. The number of aromatic nitrogens is 4. The number of methoxy groups -OCH3 is 2. The van der Waals surface area contributed by atoms with E-state index in [0.29, 0.717) is 17.2 Å². The van der Waals surface area contributed by atoms with Gasteiger partial charge in [0.15, 0.2) is 27.8 Å². The number of anilines is 4. The zero-order valence-corrected chi connectivity index (χ0v) is 19.4. The lowest BCUT2D eigenvalue weighted by Gasteiger charge is -2.11. The molecule has 34 heavy (non-hydrogen) atoms. The number of nitrogens with one attached hydrogen (secondary N) is 2. The van der Waals surface area contributed by atoms with E-state index in [1.807, 2.05) is 18.2 Å². The van der Waals surface area contributed by atoms with Crippen LogP contribution in [0.1, 0.15) is 0 Å². The van der Waals surface area contributed by atoms with Gasteiger partial charge in [-0.1, -0.05) is 35.3 Å². The van der Waals surface area contributed by atoms with Gasteiger partial charge in [0.1, 0.15) is 17.8 Å². The Hall–Kier alpha value is -3.76. The molecule has 4 aromatic rings. The van der Waals surface area contributed by atoms with Crippen molar-refractivity contribution in [3.05, 3.63) is 83.0 Å². The number of rotatable bonds is 6. The van der Waals surface area contributed by atoms with Crippen LogP contribution in [-0.4, -0.2) is 34.2 Å². The topological polar surface area (TPSA) is 94.1 Å². The van der Waals surface area contributed by atoms with Crippen molar-refractivity contribution < 1.29 is 18.3 Å². The highest BCUT2D eigenvalue weighted by molar-refractivity contribution is 6.33. The summed E-state index contributed by atoms with van der Waals surface area (Å²) in [5.41, 5.74) is 1.39. The summed E-state index contributed by atoms with van der Waals surface area (Å²) >= 11 is 10.4. The first-order chi connectivity index (χ1) is 16.4. The van der Waals surface area contributed by atoms with Gasteiger partial charge >= 0.3 is 0 Å². The van der Waals surface area contributed by atoms with E-state index in [0.717, 1.165) is 18.2 Å². The van der Waals surface area contributed by atoms with Crippen molar-refractivity contribution in [1.82, 2.24) is 19.9 Å². The van der Waals surface area contributed by atoms with E-state index in [1.54, 1.807) is 44.6 Å². The molecule has 8 nitrogen and oxygen atoms in total. The molecule has 0 atom stereocenters. The monoisotopic (exact) mass is 506 g/mol. The zero-order valence-electron chi connectivity index (χ0n) is 17.9. The van der Waals surface area contributed by atoms with Gasteiger partial charge in [0.05, 0.1) is 20.4 Å². The summed E-state index contributed by atoms with van der Waals surface area (Å²) in [5.74, 6) is 0.351. The minimum Gasteiger partial charge on any atom is -0.497 e. The van der Waals surface area contributed by atoms with Crippen LogP contribution in [0.4, 0.5) is 31.9 Å². The highest BCUT2D eigenvalue weighted by Gasteiger charge is 2.09. The number of ether oxygens (including phenoxy) is 2. The van der Waals surface area contributed by atoms with Gasteiger partial charge in [-0.05, 0) is 24.3 Å². The first-order valence-corrected chi connectivity index (χ1v) is 10.3. The summed E-state index contributed by atoms with van der Waals surface area (Å²) < 4.78 is 36.7. The molecule has 0 radical (unpaired) electrons. The maximum absolute atomic E-state index is 14.0. The van der Waals surface area contributed by atoms with Crippen LogP contribution < -0.4 is 20.1 Å². The van der Waals surface area contributed by atoms with Crippen LogP contribution in [0.25, 0.3) is 0 Å². The average molecular weight is 507 g/mol. The summed E-state index contributed by atoms with van der Waals surface area (Å²) in [4.78, 5) is 14.8. The normalized spacial score (nSPS) is 10.1. The van der Waals surface area contributed by atoms with Gasteiger partial charge < -0.3 is 20.1 Å². The van der Waals surface area contributed by atoms with Crippen molar-refractivity contribution in [1.29, 1.82) is 0 Å². The Morgan fingerprint density at radius 1 is 0.794 bits per heavy atom. The molecule has 0 bridgehead atoms. The minimum absolute atomic E-state index is 0.0636. The standard InChI is InChI=1S/C18H17FN4O2.C4HCl2FN2/c1-24-14-7-3-5-12(9-14)21-17-16(19)11-20-18(23-17)22-13-6-4-8-15(10-13)25-2;5-3-2(7)4(6)9-1-8-3/h3-11H,1-2H3,(H2,20,21,22,23);1H. The van der Waals surface area contributed by atoms with E-state index in [2.05, 4.69) is 30.6 Å². The van der Waals surface area contributed by atoms with Crippen LogP contribution in [0.5, 0.6) is 11.5 Å². The second-order valence-corrected chi connectivity index (χ2v) is 7.09. The highest BCUT2D eigenvalue weighted by Crippen LogP contribution is 2.24. The van der Waals surface area contributed by atoms with Gasteiger partial charge in [-0.3, -0.25) is 0 Å². The Bertz CT molecular complexity index is 1250. The smallest absolute Gasteiger partial charge is 0.229 e. The lowest BCUT2D eigenvalue weighted by atomic mass is 10.3. The highest BCUT2D eigenvalue weighted by atomic mass is 35.5. The maximum atomic E-state index is 14.0. The fraction of sp³-hybridized carbons (Fsp3) is 0.0909. The Morgan fingerprint density at radius 3 is 1.88 bits per heavy atom. The second kappa shape index (κ2) is 11.9. The molecular formula is C22H18Cl2F2N6O2. The average Bonchev–Trinajstić information content (AvgIpc) is 2.85. The molecule has 2 aromatic heterocycles. The molecule has 0 aliphatic heterocycles. The van der Waals surface area contributed by atoms with E-state index in [-0.39, 0.29) is 22.1 Å². The molecule has 0 saturated heterocycles. The third kappa shape index (κ3) is 6.87. The molecule has 4 rings (SSSR count). The predicted molar refractivity (Wildman–Crippen MR) is 127 cm³/mol. The Labute approximate surface area is 203 Å². The van der Waals surface area contributed by atoms with Crippen LogP contribution in [0.3, 0.4) is 0 Å². The van der Waals surface area contributed by atoms with Gasteiger partial charge in [0.25, 0.3) is 0 Å². The van der Waals surface area contributed by atoms with Gasteiger partial charge in [0, 0.05) is 23.5 Å². The van der Waals surface area contributed by atoms with E-state index >= 15 is 0 Å². The first kappa shape index (κ1) is 24.9. The number of hydrogen-bond donors (Lipinski definition) is 2. The molecular weight excluding hydrogens is 489 g/mol. The van der Waals surface area contributed by atoms with Crippen LogP contribution in [0.2, 0.25) is 10.3 Å². The lowest BCUT2D eigenvalue weighted by molar-refractivity contribution is 0.415. The van der Waals surface area contributed by atoms with E-state index in [4.69, 9.17) is 32.7 Å². The summed E-state index contributed by atoms with van der Waals surface area (Å²) in [6, 6.07) is 14.4. The van der Waals surface area contributed by atoms with Crippen molar-refractivity contribution >= 4 is 46.3 Å². The largest absolute Gasteiger partial charge is 0.497 e. The Kier molecular flexibility index (Phi) is 8.72. The fourth-order valence-corrected chi connectivity index (χ4v) is 2.83.